The first-order valence-corrected chi connectivity index (χ1v) is 11.3. The molecule has 2 unspecified atom stereocenters. The molecule has 0 N–H and O–H groups in total. The minimum atomic E-state index is -3.35. The highest BCUT2D eigenvalue weighted by Gasteiger charge is 2.45. The number of rotatable bonds is 4. The highest BCUT2D eigenvalue weighted by molar-refractivity contribution is 7.89. The molecule has 2 saturated heterocycles. The molecular formula is C20H30N2O2S. The van der Waals surface area contributed by atoms with E-state index in [1.807, 2.05) is 25.1 Å². The molecule has 1 aromatic rings. The molecule has 5 heteroatoms. The maximum absolute atomic E-state index is 13.0. The summed E-state index contributed by atoms with van der Waals surface area (Å²) in [6, 6.07) is 7.96. The molecule has 0 radical (unpaired) electrons. The van der Waals surface area contributed by atoms with Gasteiger partial charge in [-0.15, -0.1) is 0 Å². The minimum Gasteiger partial charge on any atom is -0.299 e. The van der Waals surface area contributed by atoms with Crippen LogP contribution >= 0.6 is 0 Å². The molecule has 1 aromatic carbocycles. The molecular weight excluding hydrogens is 332 g/mol. The van der Waals surface area contributed by atoms with E-state index >= 15 is 0 Å². The molecule has 0 spiro atoms. The van der Waals surface area contributed by atoms with Crippen LogP contribution in [0.15, 0.2) is 29.2 Å². The molecule has 25 heavy (non-hydrogen) atoms. The molecule has 2 atom stereocenters. The van der Waals surface area contributed by atoms with Crippen molar-refractivity contribution in [1.82, 2.24) is 9.21 Å². The molecule has 138 valence electrons. The van der Waals surface area contributed by atoms with Crippen molar-refractivity contribution in [2.24, 2.45) is 11.8 Å². The van der Waals surface area contributed by atoms with Gasteiger partial charge in [-0.1, -0.05) is 37.5 Å². The van der Waals surface area contributed by atoms with E-state index in [0.717, 1.165) is 24.4 Å². The second kappa shape index (κ2) is 7.01. The fourth-order valence-electron chi connectivity index (χ4n) is 5.06. The van der Waals surface area contributed by atoms with Crippen LogP contribution in [0.25, 0.3) is 0 Å². The number of nitrogens with zero attached hydrogens (tertiary/aromatic N) is 2. The Morgan fingerprint density at radius 2 is 1.80 bits per heavy atom. The topological polar surface area (TPSA) is 40.6 Å². The average molecular weight is 363 g/mol. The van der Waals surface area contributed by atoms with Gasteiger partial charge in [0.2, 0.25) is 10.0 Å². The van der Waals surface area contributed by atoms with Crippen LogP contribution in [0.1, 0.15) is 44.1 Å². The fourth-order valence-corrected chi connectivity index (χ4v) is 6.80. The monoisotopic (exact) mass is 362 g/mol. The number of hydrogen-bond acceptors (Lipinski definition) is 3. The summed E-state index contributed by atoms with van der Waals surface area (Å²) >= 11 is 0. The third-order valence-corrected chi connectivity index (χ3v) is 8.55. The minimum absolute atomic E-state index is 0.479. The molecule has 1 saturated carbocycles. The van der Waals surface area contributed by atoms with Gasteiger partial charge in [0.05, 0.1) is 4.90 Å². The largest absolute Gasteiger partial charge is 0.299 e. The summed E-state index contributed by atoms with van der Waals surface area (Å²) in [5.41, 5.74) is 0.845. The molecule has 2 heterocycles. The quantitative estimate of drug-likeness (QED) is 0.825. The van der Waals surface area contributed by atoms with Gasteiger partial charge in [0, 0.05) is 38.1 Å². The van der Waals surface area contributed by atoms with E-state index in [-0.39, 0.29) is 0 Å². The lowest BCUT2D eigenvalue weighted by atomic mass is 9.81. The maximum Gasteiger partial charge on any atom is 0.243 e. The van der Waals surface area contributed by atoms with Crippen molar-refractivity contribution < 1.29 is 8.42 Å². The lowest BCUT2D eigenvalue weighted by Crippen LogP contribution is -2.64. The number of aryl methyl sites for hydroxylation is 1. The maximum atomic E-state index is 13.0. The van der Waals surface area contributed by atoms with E-state index in [9.17, 15) is 8.42 Å². The van der Waals surface area contributed by atoms with Crippen LogP contribution in [0.3, 0.4) is 0 Å². The standard InChI is InChI=1S/C20H30N2O2S/c1-16-7-5-6-10-20(16)25(23,24)22-12-11-19-18(15-22)14-21(19)13-17-8-3-2-4-9-17/h5-7,10,17-19H,2-4,8-9,11-15H2,1H3. The lowest BCUT2D eigenvalue weighted by molar-refractivity contribution is -0.0369. The van der Waals surface area contributed by atoms with Gasteiger partial charge in [0.15, 0.2) is 0 Å². The highest BCUT2D eigenvalue weighted by Crippen LogP contribution is 2.37. The van der Waals surface area contributed by atoms with E-state index in [0.29, 0.717) is 29.9 Å². The van der Waals surface area contributed by atoms with Crippen LogP contribution in [-0.2, 0) is 10.0 Å². The summed E-state index contributed by atoms with van der Waals surface area (Å²) in [6.45, 7) is 5.57. The Morgan fingerprint density at radius 3 is 2.52 bits per heavy atom. The van der Waals surface area contributed by atoms with Crippen molar-refractivity contribution in [3.8, 4) is 0 Å². The van der Waals surface area contributed by atoms with Crippen LogP contribution in [0.5, 0.6) is 0 Å². The summed E-state index contributed by atoms with van der Waals surface area (Å²) in [5, 5.41) is 0. The second-order valence-corrected chi connectivity index (χ2v) is 10.1. The van der Waals surface area contributed by atoms with Gasteiger partial charge in [-0.25, -0.2) is 8.42 Å². The molecule has 3 fully saturated rings. The van der Waals surface area contributed by atoms with Crippen LogP contribution in [-0.4, -0.2) is 49.8 Å². The Hall–Kier alpha value is -0.910. The Kier molecular flexibility index (Phi) is 4.91. The van der Waals surface area contributed by atoms with Gasteiger partial charge in [-0.05, 0) is 43.7 Å². The van der Waals surface area contributed by atoms with Gasteiger partial charge in [0.1, 0.15) is 0 Å². The van der Waals surface area contributed by atoms with Crippen LogP contribution in [0.2, 0.25) is 0 Å². The first-order valence-electron chi connectivity index (χ1n) is 9.85. The van der Waals surface area contributed by atoms with Crippen LogP contribution in [0.4, 0.5) is 0 Å². The summed E-state index contributed by atoms with van der Waals surface area (Å²) in [7, 11) is -3.35. The molecule has 4 nitrogen and oxygen atoms in total. The second-order valence-electron chi connectivity index (χ2n) is 8.20. The SMILES string of the molecule is Cc1ccccc1S(=O)(=O)N1CCC2C(CN2CC2CCCCC2)C1. The molecule has 0 bridgehead atoms. The smallest absolute Gasteiger partial charge is 0.243 e. The zero-order valence-electron chi connectivity index (χ0n) is 15.2. The molecule has 1 aliphatic carbocycles. The molecule has 2 aliphatic heterocycles. The number of hydrogen-bond donors (Lipinski definition) is 0. The number of sulfonamides is 1. The molecule has 3 aliphatic rings. The first kappa shape index (κ1) is 17.5. The molecule has 4 rings (SSSR count). The van der Waals surface area contributed by atoms with Crippen LogP contribution in [0, 0.1) is 18.8 Å². The summed E-state index contributed by atoms with van der Waals surface area (Å²) in [5.74, 6) is 1.40. The van der Waals surface area contributed by atoms with Crippen molar-refractivity contribution in [2.75, 3.05) is 26.2 Å². The predicted octanol–water partition coefficient (Wildman–Crippen LogP) is 3.27. The molecule has 0 amide bonds. The fraction of sp³-hybridized carbons (Fsp3) is 0.700. The Balaban J connectivity index is 1.38. The third-order valence-electron chi connectivity index (χ3n) is 6.52. The average Bonchev–Trinajstić information content (AvgIpc) is 2.60. The van der Waals surface area contributed by atoms with Crippen molar-refractivity contribution >= 4 is 10.0 Å². The number of likely N-dealkylation sites (tertiary alicyclic amines) is 1. The van der Waals surface area contributed by atoms with Gasteiger partial charge < -0.3 is 0 Å². The van der Waals surface area contributed by atoms with E-state index in [1.54, 1.807) is 10.4 Å². The number of piperidine rings is 1. The van der Waals surface area contributed by atoms with Crippen LogP contribution < -0.4 is 0 Å². The van der Waals surface area contributed by atoms with E-state index < -0.39 is 10.0 Å². The summed E-state index contributed by atoms with van der Waals surface area (Å²) < 4.78 is 27.7. The zero-order valence-corrected chi connectivity index (χ0v) is 16.0. The normalized spacial score (nSPS) is 29.2. The zero-order chi connectivity index (χ0) is 17.4. The van der Waals surface area contributed by atoms with Gasteiger partial charge in [0.25, 0.3) is 0 Å². The van der Waals surface area contributed by atoms with Gasteiger partial charge in [-0.2, -0.15) is 4.31 Å². The Bertz CT molecular complexity index is 712. The first-order chi connectivity index (χ1) is 12.1. The van der Waals surface area contributed by atoms with Crippen molar-refractivity contribution in [3.05, 3.63) is 29.8 Å². The van der Waals surface area contributed by atoms with E-state index in [2.05, 4.69) is 4.90 Å². The van der Waals surface area contributed by atoms with Crippen molar-refractivity contribution in [1.29, 1.82) is 0 Å². The third kappa shape index (κ3) is 3.38. The summed E-state index contributed by atoms with van der Waals surface area (Å²) in [6.07, 6.45) is 7.98. The Labute approximate surface area is 152 Å². The van der Waals surface area contributed by atoms with E-state index in [4.69, 9.17) is 0 Å². The number of fused-ring (bicyclic) bond motifs is 1. The van der Waals surface area contributed by atoms with Gasteiger partial charge in [-0.3, -0.25) is 4.90 Å². The predicted molar refractivity (Wildman–Crippen MR) is 100.0 cm³/mol. The van der Waals surface area contributed by atoms with Crippen molar-refractivity contribution in [2.45, 2.75) is 56.4 Å². The van der Waals surface area contributed by atoms with E-state index in [1.165, 1.54) is 38.6 Å². The highest BCUT2D eigenvalue weighted by atomic mass is 32.2. The van der Waals surface area contributed by atoms with Gasteiger partial charge >= 0.3 is 0 Å². The Morgan fingerprint density at radius 1 is 1.04 bits per heavy atom. The summed E-state index contributed by atoms with van der Waals surface area (Å²) in [4.78, 5) is 3.12. The molecule has 0 aromatic heterocycles. The lowest BCUT2D eigenvalue weighted by Gasteiger charge is -2.54. The van der Waals surface area contributed by atoms with Crippen molar-refractivity contribution in [3.63, 3.8) is 0 Å². The number of benzene rings is 1.